The first kappa shape index (κ1) is 9.86. The van der Waals surface area contributed by atoms with E-state index in [9.17, 15) is 9.59 Å². The minimum Gasteiger partial charge on any atom is -0.473 e. The number of carboxylic acid groups (broad SMARTS) is 1. The Morgan fingerprint density at radius 3 is 2.45 bits per heavy atom. The summed E-state index contributed by atoms with van der Waals surface area (Å²) >= 11 is 0. The normalized spacial score (nSPS) is 9.18. The largest absolute Gasteiger partial charge is 0.473 e. The van der Waals surface area contributed by atoms with Gasteiger partial charge in [-0.05, 0) is 0 Å². The number of aliphatic carboxylic acids is 1. The maximum atomic E-state index is 10.1. The third-order valence-electron chi connectivity index (χ3n) is 0.680. The van der Waals surface area contributed by atoms with E-state index in [1.165, 1.54) is 7.11 Å². The highest BCUT2D eigenvalue weighted by atomic mass is 17.2. The van der Waals surface area contributed by atoms with Crippen LogP contribution in [0.2, 0.25) is 0 Å². The van der Waals surface area contributed by atoms with E-state index in [0.717, 1.165) is 0 Å². The van der Waals surface area contributed by atoms with E-state index in [1.807, 2.05) is 0 Å². The molecule has 0 fully saturated rings. The number of rotatable bonds is 4. The van der Waals surface area contributed by atoms with Crippen LogP contribution in [0.25, 0.3) is 0 Å². The fourth-order valence-corrected chi connectivity index (χ4v) is 0.248. The quantitative estimate of drug-likeness (QED) is 0.253. The lowest BCUT2D eigenvalue weighted by Crippen LogP contribution is -2.17. The van der Waals surface area contributed by atoms with Gasteiger partial charge in [0, 0.05) is 7.11 Å². The molecule has 0 saturated carbocycles. The molecule has 0 radical (unpaired) electrons. The number of carbonyl (C=O) groups excluding carboxylic acids is 1. The van der Waals surface area contributed by atoms with E-state index in [4.69, 9.17) is 5.11 Å². The van der Waals surface area contributed by atoms with Crippen molar-refractivity contribution in [3.8, 4) is 0 Å². The van der Waals surface area contributed by atoms with Crippen LogP contribution in [0.4, 0.5) is 0 Å². The van der Waals surface area contributed by atoms with Crippen LogP contribution in [-0.2, 0) is 24.1 Å². The molecule has 6 nitrogen and oxygen atoms in total. The molecule has 11 heavy (non-hydrogen) atoms. The van der Waals surface area contributed by atoms with Gasteiger partial charge in [-0.2, -0.15) is 4.89 Å². The summed E-state index contributed by atoms with van der Waals surface area (Å²) in [5.41, 5.74) is 0. The lowest BCUT2D eigenvalue weighted by Gasteiger charge is -1.98. The number of carboxylic acids is 1. The maximum absolute atomic E-state index is 10.1. The van der Waals surface area contributed by atoms with Crippen molar-refractivity contribution in [1.29, 1.82) is 0 Å². The molecule has 6 heteroatoms. The summed E-state index contributed by atoms with van der Waals surface area (Å²) in [6, 6.07) is 0. The van der Waals surface area contributed by atoms with Crippen LogP contribution in [0.15, 0.2) is 0 Å². The van der Waals surface area contributed by atoms with Gasteiger partial charge in [0.05, 0.1) is 6.61 Å². The summed E-state index contributed by atoms with van der Waals surface area (Å²) < 4.78 is 4.52. The van der Waals surface area contributed by atoms with Crippen LogP contribution < -0.4 is 0 Å². The van der Waals surface area contributed by atoms with Gasteiger partial charge in [0.15, 0.2) is 0 Å². The third kappa shape index (κ3) is 5.31. The molecule has 0 bridgehead atoms. The number of hydrogen-bond acceptors (Lipinski definition) is 5. The second kappa shape index (κ2) is 5.63. The van der Waals surface area contributed by atoms with E-state index in [-0.39, 0.29) is 13.2 Å². The second-order valence-electron chi connectivity index (χ2n) is 1.49. The molecule has 0 atom stereocenters. The van der Waals surface area contributed by atoms with Crippen LogP contribution in [-0.4, -0.2) is 37.4 Å². The van der Waals surface area contributed by atoms with Gasteiger partial charge >= 0.3 is 11.9 Å². The molecule has 0 saturated heterocycles. The molecule has 0 aliphatic carbocycles. The molecule has 0 unspecified atom stereocenters. The number of hydrogen-bond donors (Lipinski definition) is 1. The zero-order chi connectivity index (χ0) is 8.69. The Morgan fingerprint density at radius 1 is 1.36 bits per heavy atom. The topological polar surface area (TPSA) is 82.1 Å². The summed E-state index contributed by atoms with van der Waals surface area (Å²) in [7, 11) is 1.43. The highest BCUT2D eigenvalue weighted by Crippen LogP contribution is 1.81. The second-order valence-corrected chi connectivity index (χ2v) is 1.49. The molecule has 0 amide bonds. The van der Waals surface area contributed by atoms with Crippen molar-refractivity contribution >= 4 is 11.9 Å². The Morgan fingerprint density at radius 2 is 2.00 bits per heavy atom. The SMILES string of the molecule is COCCOOC(=O)C(=O)O. The first-order valence-corrected chi connectivity index (χ1v) is 2.74. The van der Waals surface area contributed by atoms with Crippen LogP contribution in [0.5, 0.6) is 0 Å². The van der Waals surface area contributed by atoms with Crippen molar-refractivity contribution in [3.63, 3.8) is 0 Å². The average molecular weight is 164 g/mol. The predicted octanol–water partition coefficient (Wildman–Crippen LogP) is -0.808. The van der Waals surface area contributed by atoms with Crippen LogP contribution in [0.3, 0.4) is 0 Å². The number of ether oxygens (including phenoxy) is 1. The lowest BCUT2D eigenvalue weighted by atomic mass is 10.7. The first-order valence-electron chi connectivity index (χ1n) is 2.74. The van der Waals surface area contributed by atoms with Gasteiger partial charge < -0.3 is 9.84 Å². The summed E-state index contributed by atoms with van der Waals surface area (Å²) in [5, 5.41) is 7.95. The number of methoxy groups -OCH3 is 1. The average Bonchev–Trinajstić information content (AvgIpc) is 1.97. The minimum absolute atomic E-state index is 0.00944. The Balaban J connectivity index is 3.25. The predicted molar refractivity (Wildman–Crippen MR) is 31.6 cm³/mol. The molecular weight excluding hydrogens is 156 g/mol. The van der Waals surface area contributed by atoms with Crippen molar-refractivity contribution in [3.05, 3.63) is 0 Å². The molecule has 0 aromatic carbocycles. The molecule has 0 spiro atoms. The molecule has 0 aromatic rings. The zero-order valence-corrected chi connectivity index (χ0v) is 5.90. The van der Waals surface area contributed by atoms with Gasteiger partial charge in [-0.25, -0.2) is 9.59 Å². The molecule has 0 aliphatic rings. The van der Waals surface area contributed by atoms with Crippen LogP contribution >= 0.6 is 0 Å². The van der Waals surface area contributed by atoms with Crippen molar-refractivity contribution in [1.82, 2.24) is 0 Å². The van der Waals surface area contributed by atoms with Crippen molar-refractivity contribution in [2.75, 3.05) is 20.3 Å². The fraction of sp³-hybridized carbons (Fsp3) is 0.600. The zero-order valence-electron chi connectivity index (χ0n) is 5.90. The third-order valence-corrected chi connectivity index (χ3v) is 0.680. The Hall–Kier alpha value is -1.14. The van der Waals surface area contributed by atoms with E-state index in [1.54, 1.807) is 0 Å². The highest BCUT2D eigenvalue weighted by Gasteiger charge is 2.13. The van der Waals surface area contributed by atoms with Crippen molar-refractivity contribution < 1.29 is 29.2 Å². The molecule has 0 aromatic heterocycles. The summed E-state index contributed by atoms with van der Waals surface area (Å²) in [6.45, 7) is 0.239. The maximum Gasteiger partial charge on any atom is 0.449 e. The minimum atomic E-state index is -1.69. The Labute approximate surface area is 62.6 Å². The van der Waals surface area contributed by atoms with Gasteiger partial charge in [0.25, 0.3) is 0 Å². The van der Waals surface area contributed by atoms with Crippen LogP contribution in [0, 0.1) is 0 Å². The standard InChI is InChI=1S/C5H8O6/c1-9-2-3-10-11-5(8)4(6)7/h2-3H2,1H3,(H,6,7). The smallest absolute Gasteiger partial charge is 0.449 e. The highest BCUT2D eigenvalue weighted by molar-refractivity contribution is 6.28. The van der Waals surface area contributed by atoms with Gasteiger partial charge in [-0.15, -0.1) is 0 Å². The van der Waals surface area contributed by atoms with Crippen LogP contribution in [0.1, 0.15) is 0 Å². The van der Waals surface area contributed by atoms with E-state index >= 15 is 0 Å². The van der Waals surface area contributed by atoms with E-state index < -0.39 is 11.9 Å². The van der Waals surface area contributed by atoms with E-state index in [2.05, 4.69) is 14.5 Å². The van der Waals surface area contributed by atoms with E-state index in [0.29, 0.717) is 0 Å². The molecule has 64 valence electrons. The first-order chi connectivity index (χ1) is 5.18. The Bertz CT molecular complexity index is 142. The Kier molecular flexibility index (Phi) is 5.05. The number of carbonyl (C=O) groups is 2. The molecular formula is C5H8O6. The summed E-state index contributed by atoms with van der Waals surface area (Å²) in [4.78, 5) is 27.8. The monoisotopic (exact) mass is 164 g/mol. The fourth-order valence-electron chi connectivity index (χ4n) is 0.248. The van der Waals surface area contributed by atoms with Crippen molar-refractivity contribution in [2.45, 2.75) is 0 Å². The lowest BCUT2D eigenvalue weighted by molar-refractivity contribution is -0.275. The molecule has 0 rings (SSSR count). The molecule has 0 heterocycles. The van der Waals surface area contributed by atoms with Gasteiger partial charge in [0.1, 0.15) is 6.61 Å². The van der Waals surface area contributed by atoms with Crippen molar-refractivity contribution in [2.24, 2.45) is 0 Å². The van der Waals surface area contributed by atoms with Gasteiger partial charge in [-0.3, -0.25) is 4.89 Å². The summed E-state index contributed by atoms with van der Waals surface area (Å²) in [5.74, 6) is -3.14. The summed E-state index contributed by atoms with van der Waals surface area (Å²) in [6.07, 6.45) is 0. The molecule has 1 N–H and O–H groups in total. The van der Waals surface area contributed by atoms with Gasteiger partial charge in [0.2, 0.25) is 0 Å². The molecule has 0 aliphatic heterocycles. The van der Waals surface area contributed by atoms with Gasteiger partial charge in [-0.1, -0.05) is 0 Å².